The van der Waals surface area contributed by atoms with E-state index < -0.39 is 0 Å². The fraction of sp³-hybridized carbons (Fsp3) is 0.292. The van der Waals surface area contributed by atoms with Crippen LogP contribution < -0.4 is 15.8 Å². The van der Waals surface area contributed by atoms with E-state index in [9.17, 15) is 9.59 Å². The lowest BCUT2D eigenvalue weighted by atomic mass is 9.97. The Bertz CT molecular complexity index is 1170. The van der Waals surface area contributed by atoms with E-state index in [1.807, 2.05) is 50.2 Å². The molecule has 1 aliphatic heterocycles. The van der Waals surface area contributed by atoms with Gasteiger partial charge in [0.25, 0.3) is 5.56 Å². The SMILES string of the molecule is Cc1ccc(-n2nc(N3CCC[C@H](C(=O)Nc4ccccc4C)C3)ccc2=O)cc1Cl. The second-order valence-electron chi connectivity index (χ2n) is 7.96. The Morgan fingerprint density at radius 2 is 1.90 bits per heavy atom. The third-order valence-electron chi connectivity index (χ3n) is 5.71. The van der Waals surface area contributed by atoms with Crippen LogP contribution in [0.1, 0.15) is 24.0 Å². The summed E-state index contributed by atoms with van der Waals surface area (Å²) in [4.78, 5) is 27.4. The summed E-state index contributed by atoms with van der Waals surface area (Å²) in [5.74, 6) is 0.534. The van der Waals surface area contributed by atoms with Crippen molar-refractivity contribution in [1.82, 2.24) is 9.78 Å². The highest BCUT2D eigenvalue weighted by atomic mass is 35.5. The standard InChI is InChI=1S/C24H25ClN4O2/c1-16-9-10-19(14-20(16)25)29-23(30)12-11-22(27-29)28-13-5-7-18(15-28)24(31)26-21-8-4-3-6-17(21)2/h3-4,6,8-12,14,18H,5,7,13,15H2,1-2H3,(H,26,31)/t18-/m0/s1. The van der Waals surface area contributed by atoms with Crippen molar-refractivity contribution >= 4 is 29.0 Å². The summed E-state index contributed by atoms with van der Waals surface area (Å²) in [7, 11) is 0. The minimum Gasteiger partial charge on any atom is -0.354 e. The van der Waals surface area contributed by atoms with Gasteiger partial charge in [-0.15, -0.1) is 5.10 Å². The number of aryl methyl sites for hydroxylation is 2. The lowest BCUT2D eigenvalue weighted by Crippen LogP contribution is -2.41. The fourth-order valence-electron chi connectivity index (χ4n) is 3.82. The van der Waals surface area contributed by atoms with Gasteiger partial charge in [-0.25, -0.2) is 0 Å². The Kier molecular flexibility index (Phi) is 6.09. The molecule has 1 atom stereocenters. The van der Waals surface area contributed by atoms with E-state index in [4.69, 9.17) is 11.6 Å². The number of piperidine rings is 1. The molecule has 6 nitrogen and oxygen atoms in total. The number of hydrogen-bond acceptors (Lipinski definition) is 4. The van der Waals surface area contributed by atoms with Crippen LogP contribution in [-0.2, 0) is 4.79 Å². The van der Waals surface area contributed by atoms with Gasteiger partial charge in [-0.3, -0.25) is 9.59 Å². The van der Waals surface area contributed by atoms with Crippen LogP contribution in [0, 0.1) is 19.8 Å². The molecule has 0 saturated carbocycles. The van der Waals surface area contributed by atoms with Gasteiger partial charge in [0.2, 0.25) is 5.91 Å². The fourth-order valence-corrected chi connectivity index (χ4v) is 3.99. The molecule has 1 fully saturated rings. The molecule has 160 valence electrons. The number of aromatic nitrogens is 2. The van der Waals surface area contributed by atoms with E-state index in [0.29, 0.717) is 23.1 Å². The van der Waals surface area contributed by atoms with Crippen molar-refractivity contribution in [1.29, 1.82) is 0 Å². The second-order valence-corrected chi connectivity index (χ2v) is 8.37. The van der Waals surface area contributed by atoms with Gasteiger partial charge in [-0.2, -0.15) is 4.68 Å². The monoisotopic (exact) mass is 436 g/mol. The largest absolute Gasteiger partial charge is 0.354 e. The average molecular weight is 437 g/mol. The molecule has 0 unspecified atom stereocenters. The first-order valence-electron chi connectivity index (χ1n) is 10.4. The molecule has 4 rings (SSSR count). The van der Waals surface area contributed by atoms with Crippen LogP contribution in [0.2, 0.25) is 5.02 Å². The third-order valence-corrected chi connectivity index (χ3v) is 6.11. The molecule has 1 aliphatic rings. The smallest absolute Gasteiger partial charge is 0.271 e. The van der Waals surface area contributed by atoms with E-state index in [-0.39, 0.29) is 17.4 Å². The van der Waals surface area contributed by atoms with E-state index in [0.717, 1.165) is 36.2 Å². The number of rotatable bonds is 4. The van der Waals surface area contributed by atoms with Crippen LogP contribution in [0.3, 0.4) is 0 Å². The Morgan fingerprint density at radius 1 is 1.10 bits per heavy atom. The normalized spacial score (nSPS) is 16.2. The lowest BCUT2D eigenvalue weighted by molar-refractivity contribution is -0.120. The molecule has 0 aliphatic carbocycles. The van der Waals surface area contributed by atoms with Crippen molar-refractivity contribution in [2.45, 2.75) is 26.7 Å². The Morgan fingerprint density at radius 3 is 2.68 bits per heavy atom. The van der Waals surface area contributed by atoms with Crippen LogP contribution >= 0.6 is 11.6 Å². The molecule has 3 aromatic rings. The Balaban J connectivity index is 1.54. The van der Waals surface area contributed by atoms with Crippen molar-refractivity contribution in [3.63, 3.8) is 0 Å². The number of anilines is 2. The molecular weight excluding hydrogens is 412 g/mol. The van der Waals surface area contributed by atoms with Crippen molar-refractivity contribution in [2.24, 2.45) is 5.92 Å². The third kappa shape index (κ3) is 4.64. The maximum absolute atomic E-state index is 12.9. The van der Waals surface area contributed by atoms with E-state index in [1.165, 1.54) is 10.7 Å². The van der Waals surface area contributed by atoms with Crippen molar-refractivity contribution < 1.29 is 4.79 Å². The second kappa shape index (κ2) is 8.94. The van der Waals surface area contributed by atoms with Gasteiger partial charge >= 0.3 is 0 Å². The highest BCUT2D eigenvalue weighted by Crippen LogP contribution is 2.24. The number of carbonyl (C=O) groups excluding carboxylic acids is 1. The van der Waals surface area contributed by atoms with E-state index >= 15 is 0 Å². The molecule has 2 heterocycles. The summed E-state index contributed by atoms with van der Waals surface area (Å²) in [5.41, 5.74) is 3.21. The molecule has 1 aromatic heterocycles. The first kappa shape index (κ1) is 21.1. The molecule has 7 heteroatoms. The predicted molar refractivity (Wildman–Crippen MR) is 124 cm³/mol. The number of halogens is 1. The van der Waals surface area contributed by atoms with Crippen LogP contribution in [0.15, 0.2) is 59.4 Å². The lowest BCUT2D eigenvalue weighted by Gasteiger charge is -2.33. The van der Waals surface area contributed by atoms with Gasteiger partial charge in [0.1, 0.15) is 5.82 Å². The molecule has 0 spiro atoms. The molecule has 0 radical (unpaired) electrons. The Labute approximate surface area is 186 Å². The predicted octanol–water partition coefficient (Wildman–Crippen LogP) is 4.36. The zero-order chi connectivity index (χ0) is 22.0. The number of hydrogen-bond donors (Lipinski definition) is 1. The highest BCUT2D eigenvalue weighted by molar-refractivity contribution is 6.31. The summed E-state index contributed by atoms with van der Waals surface area (Å²) >= 11 is 6.24. The quantitative estimate of drug-likeness (QED) is 0.660. The summed E-state index contributed by atoms with van der Waals surface area (Å²) < 4.78 is 1.36. The average Bonchev–Trinajstić information content (AvgIpc) is 2.78. The summed E-state index contributed by atoms with van der Waals surface area (Å²) in [6, 6.07) is 16.4. The molecule has 1 N–H and O–H groups in total. The van der Waals surface area contributed by atoms with E-state index in [2.05, 4.69) is 15.3 Å². The van der Waals surface area contributed by atoms with Crippen LogP contribution in [0.25, 0.3) is 5.69 Å². The topological polar surface area (TPSA) is 67.2 Å². The molecular formula is C24H25ClN4O2. The minimum absolute atomic E-state index is 0.0117. The molecule has 2 aromatic carbocycles. The zero-order valence-electron chi connectivity index (χ0n) is 17.6. The van der Waals surface area contributed by atoms with Crippen molar-refractivity contribution in [3.8, 4) is 5.69 Å². The summed E-state index contributed by atoms with van der Waals surface area (Å²) in [6.45, 7) is 5.23. The number of nitrogens with one attached hydrogen (secondary N) is 1. The maximum Gasteiger partial charge on any atom is 0.271 e. The van der Waals surface area contributed by atoms with Gasteiger partial charge in [-0.1, -0.05) is 35.9 Å². The zero-order valence-corrected chi connectivity index (χ0v) is 18.4. The number of carbonyl (C=O) groups is 1. The first-order valence-corrected chi connectivity index (χ1v) is 10.8. The van der Waals surface area contributed by atoms with Crippen LogP contribution in [0.5, 0.6) is 0 Å². The minimum atomic E-state index is -0.227. The number of para-hydroxylation sites is 1. The van der Waals surface area contributed by atoms with Gasteiger partial charge in [-0.05, 0) is 62.1 Å². The number of nitrogens with zero attached hydrogens (tertiary/aromatic N) is 3. The van der Waals surface area contributed by atoms with Crippen molar-refractivity contribution in [3.05, 3.63) is 81.1 Å². The van der Waals surface area contributed by atoms with Crippen LogP contribution in [0.4, 0.5) is 11.5 Å². The summed E-state index contributed by atoms with van der Waals surface area (Å²) in [5, 5.41) is 8.21. The van der Waals surface area contributed by atoms with Crippen LogP contribution in [-0.4, -0.2) is 28.8 Å². The molecule has 1 saturated heterocycles. The molecule has 1 amide bonds. The van der Waals surface area contributed by atoms with E-state index in [1.54, 1.807) is 12.1 Å². The highest BCUT2D eigenvalue weighted by Gasteiger charge is 2.27. The molecule has 31 heavy (non-hydrogen) atoms. The summed E-state index contributed by atoms with van der Waals surface area (Å²) in [6.07, 6.45) is 1.70. The molecule has 0 bridgehead atoms. The van der Waals surface area contributed by atoms with Gasteiger partial charge in [0, 0.05) is 29.9 Å². The van der Waals surface area contributed by atoms with Gasteiger partial charge in [0.15, 0.2) is 0 Å². The number of amides is 1. The van der Waals surface area contributed by atoms with Crippen molar-refractivity contribution in [2.75, 3.05) is 23.3 Å². The first-order chi connectivity index (χ1) is 14.9. The Hall–Kier alpha value is -3.12. The van der Waals surface area contributed by atoms with Gasteiger partial charge < -0.3 is 10.2 Å². The van der Waals surface area contributed by atoms with Gasteiger partial charge in [0.05, 0.1) is 11.6 Å². The maximum atomic E-state index is 12.9. The number of benzene rings is 2.